The van der Waals surface area contributed by atoms with Gasteiger partial charge in [-0.1, -0.05) is 0 Å². The summed E-state index contributed by atoms with van der Waals surface area (Å²) in [6.45, 7) is 1.22. The summed E-state index contributed by atoms with van der Waals surface area (Å²) in [5.41, 5.74) is 0.509. The normalized spacial score (nSPS) is 15.6. The number of halogens is 1. The number of likely N-dealkylation sites (tertiary alicyclic amines) is 1. The second-order valence-corrected chi connectivity index (χ2v) is 5.18. The smallest absolute Gasteiger partial charge is 0.253 e. The van der Waals surface area contributed by atoms with Gasteiger partial charge in [0.2, 0.25) is 5.88 Å². The fraction of sp³-hybridized carbons (Fsp3) is 0.312. The first-order valence-electron chi connectivity index (χ1n) is 7.21. The van der Waals surface area contributed by atoms with Crippen LogP contribution in [0, 0.1) is 5.82 Å². The Morgan fingerprint density at radius 1 is 1.18 bits per heavy atom. The predicted molar refractivity (Wildman–Crippen MR) is 78.0 cm³/mol. The van der Waals surface area contributed by atoms with E-state index in [1.807, 2.05) is 0 Å². The average Bonchev–Trinajstić information content (AvgIpc) is 2.57. The Morgan fingerprint density at radius 3 is 2.55 bits per heavy atom. The molecule has 2 heterocycles. The number of rotatable bonds is 3. The molecule has 0 radical (unpaired) electrons. The fourth-order valence-corrected chi connectivity index (χ4v) is 2.47. The molecule has 0 unspecified atom stereocenters. The maximum absolute atomic E-state index is 12.9. The van der Waals surface area contributed by atoms with Crippen LogP contribution in [0.1, 0.15) is 23.2 Å². The first kappa shape index (κ1) is 14.4. The van der Waals surface area contributed by atoms with Crippen LogP contribution >= 0.6 is 0 Å². The van der Waals surface area contributed by atoms with E-state index < -0.39 is 0 Å². The van der Waals surface area contributed by atoms with Crippen LogP contribution in [0.3, 0.4) is 0 Å². The van der Waals surface area contributed by atoms with Gasteiger partial charge in [-0.15, -0.1) is 5.10 Å². The van der Waals surface area contributed by atoms with Crippen molar-refractivity contribution in [1.29, 1.82) is 0 Å². The number of nitrogens with zero attached hydrogens (tertiary/aromatic N) is 3. The van der Waals surface area contributed by atoms with Crippen LogP contribution in [0.4, 0.5) is 4.39 Å². The number of hydrogen-bond donors (Lipinski definition) is 0. The predicted octanol–water partition coefficient (Wildman–Crippen LogP) is 2.30. The molecule has 0 atom stereocenters. The molecule has 1 aromatic carbocycles. The minimum Gasteiger partial charge on any atom is -0.473 e. The minimum atomic E-state index is -0.340. The van der Waals surface area contributed by atoms with E-state index in [4.69, 9.17) is 4.74 Å². The molecule has 114 valence electrons. The molecule has 1 fully saturated rings. The van der Waals surface area contributed by atoms with E-state index >= 15 is 0 Å². The fourth-order valence-electron chi connectivity index (χ4n) is 2.47. The molecule has 1 aliphatic rings. The molecule has 6 heteroatoms. The third-order valence-corrected chi connectivity index (χ3v) is 3.66. The van der Waals surface area contributed by atoms with Gasteiger partial charge in [0.05, 0.1) is 0 Å². The van der Waals surface area contributed by atoms with Gasteiger partial charge in [0.1, 0.15) is 11.9 Å². The molecule has 0 bridgehead atoms. The van der Waals surface area contributed by atoms with Gasteiger partial charge in [0.25, 0.3) is 5.91 Å². The van der Waals surface area contributed by atoms with Gasteiger partial charge in [-0.2, -0.15) is 5.10 Å². The molecule has 0 saturated carbocycles. The number of carbonyl (C=O) groups excluding carboxylic acids is 1. The molecule has 3 rings (SSSR count). The topological polar surface area (TPSA) is 55.3 Å². The van der Waals surface area contributed by atoms with Crippen LogP contribution in [0.25, 0.3) is 0 Å². The molecule has 5 nitrogen and oxygen atoms in total. The van der Waals surface area contributed by atoms with Crippen molar-refractivity contribution >= 4 is 5.91 Å². The van der Waals surface area contributed by atoms with Gasteiger partial charge in [-0.3, -0.25) is 4.79 Å². The lowest BCUT2D eigenvalue weighted by atomic mass is 10.1. The summed E-state index contributed by atoms with van der Waals surface area (Å²) in [5, 5.41) is 7.66. The van der Waals surface area contributed by atoms with E-state index in [1.165, 1.54) is 24.3 Å². The molecule has 2 aromatic rings. The summed E-state index contributed by atoms with van der Waals surface area (Å²) in [4.78, 5) is 14.1. The Hall–Kier alpha value is -2.50. The Balaban J connectivity index is 1.55. The van der Waals surface area contributed by atoms with Crippen LogP contribution in [0.5, 0.6) is 5.88 Å². The van der Waals surface area contributed by atoms with Gasteiger partial charge in [-0.05, 0) is 30.3 Å². The second-order valence-electron chi connectivity index (χ2n) is 5.18. The molecule has 22 heavy (non-hydrogen) atoms. The number of benzene rings is 1. The first-order chi connectivity index (χ1) is 10.7. The van der Waals surface area contributed by atoms with Crippen molar-refractivity contribution in [3.05, 3.63) is 54.0 Å². The van der Waals surface area contributed by atoms with E-state index in [2.05, 4.69) is 10.2 Å². The van der Waals surface area contributed by atoms with Gasteiger partial charge in [0, 0.05) is 43.8 Å². The van der Waals surface area contributed by atoms with Gasteiger partial charge in [0.15, 0.2) is 0 Å². The number of piperidine rings is 1. The van der Waals surface area contributed by atoms with Crippen molar-refractivity contribution in [2.75, 3.05) is 13.1 Å². The highest BCUT2D eigenvalue weighted by molar-refractivity contribution is 5.94. The van der Waals surface area contributed by atoms with Crippen molar-refractivity contribution in [2.24, 2.45) is 0 Å². The molecule has 0 N–H and O–H groups in total. The average molecular weight is 301 g/mol. The Labute approximate surface area is 127 Å². The molecule has 1 amide bonds. The van der Waals surface area contributed by atoms with Crippen LogP contribution in [-0.2, 0) is 0 Å². The zero-order valence-corrected chi connectivity index (χ0v) is 12.0. The molecule has 1 aromatic heterocycles. The van der Waals surface area contributed by atoms with Crippen molar-refractivity contribution in [2.45, 2.75) is 18.9 Å². The van der Waals surface area contributed by atoms with Crippen LogP contribution < -0.4 is 4.74 Å². The second kappa shape index (κ2) is 6.51. The summed E-state index contributed by atoms with van der Waals surface area (Å²) in [7, 11) is 0. The van der Waals surface area contributed by atoms with Gasteiger partial charge < -0.3 is 9.64 Å². The number of ether oxygens (including phenoxy) is 1. The monoisotopic (exact) mass is 301 g/mol. The Bertz CT molecular complexity index is 626. The highest BCUT2D eigenvalue weighted by atomic mass is 19.1. The van der Waals surface area contributed by atoms with Crippen molar-refractivity contribution in [3.8, 4) is 5.88 Å². The Kier molecular flexibility index (Phi) is 4.27. The molecular formula is C16H16FN3O2. The lowest BCUT2D eigenvalue weighted by Gasteiger charge is -2.31. The number of hydrogen-bond acceptors (Lipinski definition) is 4. The van der Waals surface area contributed by atoms with Crippen LogP contribution in [0.2, 0.25) is 0 Å². The highest BCUT2D eigenvalue weighted by Crippen LogP contribution is 2.18. The number of aromatic nitrogens is 2. The summed E-state index contributed by atoms with van der Waals surface area (Å²) in [5.74, 6) is 0.0939. The molecule has 1 saturated heterocycles. The van der Waals surface area contributed by atoms with E-state index in [0.717, 1.165) is 12.8 Å². The minimum absolute atomic E-state index is 0.0361. The summed E-state index contributed by atoms with van der Waals surface area (Å²) < 4.78 is 18.6. The molecule has 1 aliphatic heterocycles. The zero-order chi connectivity index (χ0) is 15.4. The zero-order valence-electron chi connectivity index (χ0n) is 12.0. The third-order valence-electron chi connectivity index (χ3n) is 3.66. The van der Waals surface area contributed by atoms with E-state index in [9.17, 15) is 9.18 Å². The SMILES string of the molecule is O=C(c1ccc(F)cc1)N1CCC(Oc2cccnn2)CC1. The van der Waals surface area contributed by atoms with Crippen LogP contribution in [0.15, 0.2) is 42.6 Å². The first-order valence-corrected chi connectivity index (χ1v) is 7.21. The summed E-state index contributed by atoms with van der Waals surface area (Å²) in [6.07, 6.45) is 3.11. The van der Waals surface area contributed by atoms with Gasteiger partial charge in [-0.25, -0.2) is 4.39 Å². The summed E-state index contributed by atoms with van der Waals surface area (Å²) in [6, 6.07) is 9.17. The lowest BCUT2D eigenvalue weighted by Crippen LogP contribution is -2.41. The van der Waals surface area contributed by atoms with Gasteiger partial charge >= 0.3 is 0 Å². The van der Waals surface area contributed by atoms with E-state index in [-0.39, 0.29) is 17.8 Å². The van der Waals surface area contributed by atoms with Crippen LogP contribution in [-0.4, -0.2) is 40.2 Å². The largest absolute Gasteiger partial charge is 0.473 e. The molecule has 0 spiro atoms. The third kappa shape index (κ3) is 3.39. The number of amides is 1. The molecule has 0 aliphatic carbocycles. The number of carbonyl (C=O) groups is 1. The van der Waals surface area contributed by atoms with Crippen molar-refractivity contribution in [1.82, 2.24) is 15.1 Å². The molecular weight excluding hydrogens is 285 g/mol. The van der Waals surface area contributed by atoms with E-state index in [0.29, 0.717) is 24.5 Å². The van der Waals surface area contributed by atoms with E-state index in [1.54, 1.807) is 23.2 Å². The van der Waals surface area contributed by atoms with Crippen molar-refractivity contribution < 1.29 is 13.9 Å². The maximum Gasteiger partial charge on any atom is 0.253 e. The standard InChI is InChI=1S/C16H16FN3O2/c17-13-5-3-12(4-6-13)16(21)20-10-7-14(8-11-20)22-15-2-1-9-18-19-15/h1-6,9,14H,7-8,10-11H2. The Morgan fingerprint density at radius 2 is 1.91 bits per heavy atom. The quantitative estimate of drug-likeness (QED) is 0.873. The summed E-state index contributed by atoms with van der Waals surface area (Å²) >= 11 is 0. The highest BCUT2D eigenvalue weighted by Gasteiger charge is 2.24. The van der Waals surface area contributed by atoms with Crippen molar-refractivity contribution in [3.63, 3.8) is 0 Å². The maximum atomic E-state index is 12.9. The lowest BCUT2D eigenvalue weighted by molar-refractivity contribution is 0.0586.